The number of carbonyl (C=O) groups excluding carboxylic acids is 2. The molecule has 0 aromatic carbocycles. The molecular weight excluding hydrogens is 258 g/mol. The van der Waals surface area contributed by atoms with E-state index in [-0.39, 0.29) is 11.8 Å². The van der Waals surface area contributed by atoms with Crippen LogP contribution in [0, 0.1) is 0 Å². The van der Waals surface area contributed by atoms with E-state index in [0.717, 1.165) is 19.4 Å². The Morgan fingerprint density at radius 2 is 2.00 bits per heavy atom. The summed E-state index contributed by atoms with van der Waals surface area (Å²) in [7, 11) is 0. The summed E-state index contributed by atoms with van der Waals surface area (Å²) in [5, 5.41) is 8.90. The highest BCUT2D eigenvalue weighted by molar-refractivity contribution is 5.82. The molecule has 0 radical (unpaired) electrons. The molecular formula is C14H25N3O3. The van der Waals surface area contributed by atoms with Crippen molar-refractivity contribution in [1.29, 1.82) is 0 Å². The summed E-state index contributed by atoms with van der Waals surface area (Å²) in [6.45, 7) is 2.26. The van der Waals surface area contributed by atoms with Gasteiger partial charge in [0.25, 0.3) is 0 Å². The van der Waals surface area contributed by atoms with Gasteiger partial charge in [0.2, 0.25) is 11.8 Å². The molecule has 0 aromatic heterocycles. The number of hydrogen-bond donors (Lipinski definition) is 3. The summed E-state index contributed by atoms with van der Waals surface area (Å²) in [6, 6.07) is 0.331. The van der Waals surface area contributed by atoms with Gasteiger partial charge in [-0.05, 0) is 12.8 Å². The molecule has 6 heteroatoms. The Morgan fingerprint density at radius 3 is 2.70 bits per heavy atom. The number of amides is 2. The Balaban J connectivity index is 1.57. The molecule has 1 heterocycles. The van der Waals surface area contributed by atoms with Crippen LogP contribution in [0.25, 0.3) is 0 Å². The fraction of sp³-hybridized carbons (Fsp3) is 0.857. The van der Waals surface area contributed by atoms with Gasteiger partial charge in [-0.1, -0.05) is 19.3 Å². The number of nitrogens with one attached hydrogen (secondary N) is 3. The molecule has 1 saturated heterocycles. The maximum atomic E-state index is 11.8. The van der Waals surface area contributed by atoms with Gasteiger partial charge in [-0.25, -0.2) is 0 Å². The monoisotopic (exact) mass is 283 g/mol. The van der Waals surface area contributed by atoms with E-state index in [2.05, 4.69) is 16.0 Å². The lowest BCUT2D eigenvalue weighted by Gasteiger charge is -2.23. The van der Waals surface area contributed by atoms with Gasteiger partial charge in [0.1, 0.15) is 6.10 Å². The summed E-state index contributed by atoms with van der Waals surface area (Å²) in [5.74, 6) is -0.109. The molecule has 0 aromatic rings. The summed E-state index contributed by atoms with van der Waals surface area (Å²) < 4.78 is 5.34. The lowest BCUT2D eigenvalue weighted by molar-refractivity contribution is -0.134. The van der Waals surface area contributed by atoms with E-state index in [9.17, 15) is 9.59 Å². The predicted octanol–water partition coefficient (Wildman–Crippen LogP) is -0.0700. The van der Waals surface area contributed by atoms with E-state index in [1.54, 1.807) is 0 Å². The maximum Gasteiger partial charge on any atom is 0.250 e. The quantitative estimate of drug-likeness (QED) is 0.660. The van der Waals surface area contributed by atoms with Gasteiger partial charge >= 0.3 is 0 Å². The van der Waals surface area contributed by atoms with Crippen molar-refractivity contribution in [1.82, 2.24) is 16.0 Å². The van der Waals surface area contributed by atoms with Crippen LogP contribution in [0.1, 0.15) is 38.5 Å². The lowest BCUT2D eigenvalue weighted by atomic mass is 9.95. The Labute approximate surface area is 120 Å². The fourth-order valence-corrected chi connectivity index (χ4v) is 2.69. The SMILES string of the molecule is O=C(CCNC(=O)C1CNCCO1)NC1CCCCC1. The molecule has 1 atom stereocenters. The van der Waals surface area contributed by atoms with E-state index < -0.39 is 6.10 Å². The standard InChI is InChI=1S/C14H25N3O3/c18-13(17-11-4-2-1-3-5-11)6-7-16-14(19)12-10-15-8-9-20-12/h11-12,15H,1-10H2,(H,16,19)(H,17,18). The van der Waals surface area contributed by atoms with Crippen molar-refractivity contribution in [2.75, 3.05) is 26.2 Å². The minimum absolute atomic E-state index is 0.0277. The molecule has 1 aliphatic carbocycles. The van der Waals surface area contributed by atoms with E-state index in [1.165, 1.54) is 19.3 Å². The first-order valence-electron chi connectivity index (χ1n) is 7.65. The minimum atomic E-state index is -0.426. The van der Waals surface area contributed by atoms with Gasteiger partial charge in [0.15, 0.2) is 0 Å². The average molecular weight is 283 g/mol. The van der Waals surface area contributed by atoms with E-state index in [0.29, 0.717) is 32.2 Å². The molecule has 2 rings (SSSR count). The van der Waals surface area contributed by atoms with Gasteiger partial charge < -0.3 is 20.7 Å². The van der Waals surface area contributed by atoms with Gasteiger partial charge in [0.05, 0.1) is 6.61 Å². The van der Waals surface area contributed by atoms with Crippen molar-refractivity contribution in [3.63, 3.8) is 0 Å². The zero-order valence-corrected chi connectivity index (χ0v) is 12.0. The van der Waals surface area contributed by atoms with Crippen molar-refractivity contribution in [3.05, 3.63) is 0 Å². The van der Waals surface area contributed by atoms with E-state index in [4.69, 9.17) is 4.74 Å². The molecule has 2 amide bonds. The molecule has 20 heavy (non-hydrogen) atoms. The molecule has 114 valence electrons. The fourth-order valence-electron chi connectivity index (χ4n) is 2.69. The van der Waals surface area contributed by atoms with Crippen LogP contribution in [-0.4, -0.2) is 50.2 Å². The highest BCUT2D eigenvalue weighted by Gasteiger charge is 2.21. The highest BCUT2D eigenvalue weighted by Crippen LogP contribution is 2.17. The summed E-state index contributed by atoms with van der Waals surface area (Å²) in [6.07, 6.45) is 5.76. The van der Waals surface area contributed by atoms with E-state index in [1.807, 2.05) is 0 Å². The van der Waals surface area contributed by atoms with Crippen LogP contribution in [0.4, 0.5) is 0 Å². The third-order valence-corrected chi connectivity index (χ3v) is 3.84. The smallest absolute Gasteiger partial charge is 0.250 e. The minimum Gasteiger partial charge on any atom is -0.366 e. The van der Waals surface area contributed by atoms with Gasteiger partial charge in [-0.2, -0.15) is 0 Å². The van der Waals surface area contributed by atoms with Crippen molar-refractivity contribution in [3.8, 4) is 0 Å². The van der Waals surface area contributed by atoms with Crippen molar-refractivity contribution in [2.45, 2.75) is 50.7 Å². The number of morpholine rings is 1. The van der Waals surface area contributed by atoms with Crippen molar-refractivity contribution >= 4 is 11.8 Å². The number of carbonyl (C=O) groups is 2. The summed E-state index contributed by atoms with van der Waals surface area (Å²) in [4.78, 5) is 23.5. The number of hydrogen-bond acceptors (Lipinski definition) is 4. The molecule has 0 bridgehead atoms. The first-order chi connectivity index (χ1) is 9.75. The number of ether oxygens (including phenoxy) is 1. The van der Waals surface area contributed by atoms with Crippen LogP contribution in [-0.2, 0) is 14.3 Å². The summed E-state index contributed by atoms with van der Waals surface area (Å²) in [5.41, 5.74) is 0. The van der Waals surface area contributed by atoms with Crippen molar-refractivity contribution in [2.24, 2.45) is 0 Å². The topological polar surface area (TPSA) is 79.5 Å². The van der Waals surface area contributed by atoms with Crippen molar-refractivity contribution < 1.29 is 14.3 Å². The molecule has 1 unspecified atom stereocenters. The van der Waals surface area contributed by atoms with Gasteiger partial charge in [-0.15, -0.1) is 0 Å². The van der Waals surface area contributed by atoms with Crippen LogP contribution in [0.3, 0.4) is 0 Å². The van der Waals surface area contributed by atoms with Crippen LogP contribution >= 0.6 is 0 Å². The van der Waals surface area contributed by atoms with E-state index >= 15 is 0 Å². The zero-order chi connectivity index (χ0) is 14.2. The first kappa shape index (κ1) is 15.3. The normalized spacial score (nSPS) is 24.1. The number of rotatable bonds is 5. The van der Waals surface area contributed by atoms with Crippen LogP contribution in [0.15, 0.2) is 0 Å². The predicted molar refractivity (Wildman–Crippen MR) is 75.3 cm³/mol. The Kier molecular flexibility index (Phi) is 6.26. The Hall–Kier alpha value is -1.14. The van der Waals surface area contributed by atoms with Gasteiger partial charge in [-0.3, -0.25) is 9.59 Å². The Bertz CT molecular complexity index is 324. The molecule has 2 fully saturated rings. The third kappa shape index (κ3) is 5.09. The summed E-state index contributed by atoms with van der Waals surface area (Å²) >= 11 is 0. The van der Waals surface area contributed by atoms with Crippen LogP contribution in [0.5, 0.6) is 0 Å². The second kappa shape index (κ2) is 8.21. The second-order valence-electron chi connectivity index (χ2n) is 5.51. The average Bonchev–Trinajstić information content (AvgIpc) is 2.49. The third-order valence-electron chi connectivity index (χ3n) is 3.84. The second-order valence-corrected chi connectivity index (χ2v) is 5.51. The van der Waals surface area contributed by atoms with Crippen LogP contribution in [0.2, 0.25) is 0 Å². The molecule has 2 aliphatic rings. The highest BCUT2D eigenvalue weighted by atomic mass is 16.5. The molecule has 0 spiro atoms. The zero-order valence-electron chi connectivity index (χ0n) is 12.0. The lowest BCUT2D eigenvalue weighted by Crippen LogP contribution is -2.48. The molecule has 3 N–H and O–H groups in total. The Morgan fingerprint density at radius 1 is 1.20 bits per heavy atom. The van der Waals surface area contributed by atoms with Gasteiger partial charge in [0, 0.05) is 32.1 Å². The maximum absolute atomic E-state index is 11.8. The molecule has 6 nitrogen and oxygen atoms in total. The van der Waals surface area contributed by atoms with Crippen LogP contribution < -0.4 is 16.0 Å². The largest absolute Gasteiger partial charge is 0.366 e. The molecule has 1 saturated carbocycles. The first-order valence-corrected chi connectivity index (χ1v) is 7.65. The molecule has 1 aliphatic heterocycles.